The van der Waals surface area contributed by atoms with Crippen LogP contribution in [0.25, 0.3) is 0 Å². The van der Waals surface area contributed by atoms with E-state index in [0.717, 1.165) is 25.3 Å². The molecule has 2 rings (SSSR count). The zero-order chi connectivity index (χ0) is 17.2. The highest BCUT2D eigenvalue weighted by atomic mass is 32.1. The summed E-state index contributed by atoms with van der Waals surface area (Å²) in [6.07, 6.45) is 9.05. The van der Waals surface area contributed by atoms with Crippen molar-refractivity contribution in [2.75, 3.05) is 33.2 Å². The maximum Gasteiger partial charge on any atom is 0.191 e. The fraction of sp³-hybridized carbons (Fsp3) is 0.778. The number of aromatic nitrogens is 1. The lowest BCUT2D eigenvalue weighted by Gasteiger charge is -2.33. The van der Waals surface area contributed by atoms with E-state index in [1.165, 1.54) is 55.2 Å². The third kappa shape index (κ3) is 6.40. The van der Waals surface area contributed by atoms with Crippen LogP contribution in [0.5, 0.6) is 0 Å². The van der Waals surface area contributed by atoms with Crippen LogP contribution >= 0.6 is 11.3 Å². The summed E-state index contributed by atoms with van der Waals surface area (Å²) in [6.45, 7) is 8.98. The number of nitrogens with zero attached hydrogens (tertiary/aromatic N) is 3. The van der Waals surface area contributed by atoms with Crippen molar-refractivity contribution >= 4 is 17.3 Å². The zero-order valence-electron chi connectivity index (χ0n) is 15.5. The predicted molar refractivity (Wildman–Crippen MR) is 104 cm³/mol. The van der Waals surface area contributed by atoms with E-state index in [9.17, 15) is 0 Å². The molecule has 0 aliphatic carbocycles. The molecule has 1 aliphatic rings. The molecule has 24 heavy (non-hydrogen) atoms. The summed E-state index contributed by atoms with van der Waals surface area (Å²) >= 11 is 1.82. The van der Waals surface area contributed by atoms with Gasteiger partial charge in [0.2, 0.25) is 0 Å². The number of guanidine groups is 1. The van der Waals surface area contributed by atoms with Crippen LogP contribution in [-0.2, 0) is 12.8 Å². The molecule has 1 saturated heterocycles. The smallest absolute Gasteiger partial charge is 0.191 e. The zero-order valence-corrected chi connectivity index (χ0v) is 16.3. The monoisotopic (exact) mass is 351 g/mol. The standard InChI is InChI=1S/C18H33N5S/c1-4-6-11-23-12-8-15(9-13-23)22-18(19-3)20-10-7-17-21-14-16(5-2)24-17/h14-15H,4-13H2,1-3H3,(H2,19,20,22). The maximum absolute atomic E-state index is 4.47. The number of thiazole rings is 1. The Bertz CT molecular complexity index is 491. The van der Waals surface area contributed by atoms with Gasteiger partial charge in [-0.1, -0.05) is 20.3 Å². The van der Waals surface area contributed by atoms with Crippen molar-refractivity contribution in [1.82, 2.24) is 20.5 Å². The van der Waals surface area contributed by atoms with Gasteiger partial charge in [-0.2, -0.15) is 0 Å². The highest BCUT2D eigenvalue weighted by Crippen LogP contribution is 2.13. The van der Waals surface area contributed by atoms with Crippen molar-refractivity contribution in [3.8, 4) is 0 Å². The third-order valence-electron chi connectivity index (χ3n) is 4.56. The molecule has 5 nitrogen and oxygen atoms in total. The van der Waals surface area contributed by atoms with Crippen molar-refractivity contribution in [1.29, 1.82) is 0 Å². The van der Waals surface area contributed by atoms with Crippen molar-refractivity contribution in [2.24, 2.45) is 4.99 Å². The van der Waals surface area contributed by atoms with Crippen molar-refractivity contribution in [3.05, 3.63) is 16.1 Å². The molecule has 1 aromatic heterocycles. The maximum atomic E-state index is 4.47. The Morgan fingerprint density at radius 3 is 2.79 bits per heavy atom. The van der Waals surface area contributed by atoms with E-state index in [4.69, 9.17) is 0 Å². The molecule has 0 amide bonds. The number of aryl methyl sites for hydroxylation is 1. The van der Waals surface area contributed by atoms with Gasteiger partial charge in [-0.25, -0.2) is 4.98 Å². The molecule has 0 unspecified atom stereocenters. The van der Waals surface area contributed by atoms with Gasteiger partial charge in [0.1, 0.15) is 0 Å². The summed E-state index contributed by atoms with van der Waals surface area (Å²) in [7, 11) is 1.85. The first-order valence-electron chi connectivity index (χ1n) is 9.38. The quantitative estimate of drug-likeness (QED) is 0.558. The van der Waals surface area contributed by atoms with E-state index in [1.807, 2.05) is 24.6 Å². The van der Waals surface area contributed by atoms with Crippen molar-refractivity contribution in [3.63, 3.8) is 0 Å². The number of rotatable bonds is 8. The first-order chi connectivity index (χ1) is 11.7. The molecule has 0 spiro atoms. The Labute approximate surface area is 151 Å². The summed E-state index contributed by atoms with van der Waals surface area (Å²) in [5, 5.41) is 8.22. The summed E-state index contributed by atoms with van der Waals surface area (Å²) in [5.41, 5.74) is 0. The first-order valence-corrected chi connectivity index (χ1v) is 10.2. The van der Waals surface area contributed by atoms with Gasteiger partial charge in [-0.05, 0) is 32.2 Å². The van der Waals surface area contributed by atoms with Crippen LogP contribution in [0.15, 0.2) is 11.2 Å². The van der Waals surface area contributed by atoms with Crippen LogP contribution in [-0.4, -0.2) is 55.1 Å². The highest BCUT2D eigenvalue weighted by Gasteiger charge is 2.19. The number of likely N-dealkylation sites (tertiary alicyclic amines) is 1. The fourth-order valence-electron chi connectivity index (χ4n) is 2.99. The number of aliphatic imine (C=N–C) groups is 1. The topological polar surface area (TPSA) is 52.5 Å². The molecule has 6 heteroatoms. The Kier molecular flexibility index (Phi) is 8.53. The van der Waals surface area contributed by atoms with E-state index >= 15 is 0 Å². The van der Waals surface area contributed by atoms with Crippen molar-refractivity contribution < 1.29 is 0 Å². The molecular weight excluding hydrogens is 318 g/mol. The van der Waals surface area contributed by atoms with E-state index in [2.05, 4.69) is 39.4 Å². The van der Waals surface area contributed by atoms with Gasteiger partial charge in [0.15, 0.2) is 5.96 Å². The van der Waals surface area contributed by atoms with Gasteiger partial charge in [-0.15, -0.1) is 11.3 Å². The van der Waals surface area contributed by atoms with Crippen LogP contribution in [0.4, 0.5) is 0 Å². The van der Waals surface area contributed by atoms with Gasteiger partial charge >= 0.3 is 0 Å². The molecule has 0 aromatic carbocycles. The van der Waals surface area contributed by atoms with Gasteiger partial charge in [0.05, 0.1) is 5.01 Å². The number of nitrogens with one attached hydrogen (secondary N) is 2. The molecule has 2 N–H and O–H groups in total. The number of piperidine rings is 1. The normalized spacial score (nSPS) is 17.2. The second kappa shape index (κ2) is 10.7. The number of hydrogen-bond acceptors (Lipinski definition) is 4. The van der Waals surface area contributed by atoms with E-state index in [-0.39, 0.29) is 0 Å². The summed E-state index contributed by atoms with van der Waals surface area (Å²) < 4.78 is 0. The predicted octanol–water partition coefficient (Wildman–Crippen LogP) is 2.68. The molecule has 1 aliphatic heterocycles. The van der Waals surface area contributed by atoms with Gasteiger partial charge in [0, 0.05) is 50.2 Å². The van der Waals surface area contributed by atoms with Gasteiger partial charge < -0.3 is 15.5 Å². The van der Waals surface area contributed by atoms with Crippen molar-refractivity contribution in [2.45, 2.75) is 58.4 Å². The third-order valence-corrected chi connectivity index (χ3v) is 5.76. The summed E-state index contributed by atoms with van der Waals surface area (Å²) in [4.78, 5) is 12.8. The molecule has 0 saturated carbocycles. The highest BCUT2D eigenvalue weighted by molar-refractivity contribution is 7.11. The fourth-order valence-corrected chi connectivity index (χ4v) is 3.85. The number of unbranched alkanes of at least 4 members (excludes halogenated alkanes) is 1. The van der Waals surface area contributed by atoms with E-state index < -0.39 is 0 Å². The average Bonchev–Trinajstić information content (AvgIpc) is 3.08. The SMILES string of the molecule is CCCCN1CCC(NC(=NC)NCCc2ncc(CC)s2)CC1. The largest absolute Gasteiger partial charge is 0.356 e. The molecular formula is C18H33N5S. The molecule has 136 valence electrons. The molecule has 0 radical (unpaired) electrons. The van der Waals surface area contributed by atoms with Crippen LogP contribution < -0.4 is 10.6 Å². The van der Waals surface area contributed by atoms with E-state index in [1.54, 1.807) is 0 Å². The number of hydrogen-bond donors (Lipinski definition) is 2. The summed E-state index contributed by atoms with van der Waals surface area (Å²) in [5.74, 6) is 0.925. The van der Waals surface area contributed by atoms with Gasteiger partial charge in [-0.3, -0.25) is 4.99 Å². The lowest BCUT2D eigenvalue weighted by atomic mass is 10.0. The molecule has 1 fully saturated rings. The average molecular weight is 352 g/mol. The second-order valence-corrected chi connectivity index (χ2v) is 7.64. The van der Waals surface area contributed by atoms with Crippen LogP contribution in [0, 0.1) is 0 Å². The minimum Gasteiger partial charge on any atom is -0.356 e. The lowest BCUT2D eigenvalue weighted by molar-refractivity contribution is 0.203. The van der Waals surface area contributed by atoms with Gasteiger partial charge in [0.25, 0.3) is 0 Å². The molecule has 1 aromatic rings. The Morgan fingerprint density at radius 2 is 2.17 bits per heavy atom. The Balaban J connectivity index is 1.65. The Hall–Kier alpha value is -1.14. The van der Waals surface area contributed by atoms with Crippen LogP contribution in [0.2, 0.25) is 0 Å². The molecule has 0 atom stereocenters. The Morgan fingerprint density at radius 1 is 1.38 bits per heavy atom. The minimum atomic E-state index is 0.542. The summed E-state index contributed by atoms with van der Waals surface area (Å²) in [6, 6.07) is 0.542. The van der Waals surface area contributed by atoms with Crippen LogP contribution in [0.3, 0.4) is 0 Å². The first kappa shape index (κ1) is 19.2. The lowest BCUT2D eigenvalue weighted by Crippen LogP contribution is -2.49. The van der Waals surface area contributed by atoms with Crippen LogP contribution in [0.1, 0.15) is 49.4 Å². The minimum absolute atomic E-state index is 0.542. The van der Waals surface area contributed by atoms with E-state index in [0.29, 0.717) is 6.04 Å². The second-order valence-electron chi connectivity index (χ2n) is 6.44. The molecule has 0 bridgehead atoms. The molecule has 2 heterocycles.